The first-order valence-electron chi connectivity index (χ1n) is 6.28. The molecule has 1 aromatic carbocycles. The van der Waals surface area contributed by atoms with Crippen molar-refractivity contribution in [2.45, 2.75) is 6.42 Å². The lowest BCUT2D eigenvalue weighted by molar-refractivity contribution is 0.0954. The predicted octanol–water partition coefficient (Wildman–Crippen LogP) is 3.68. The summed E-state index contributed by atoms with van der Waals surface area (Å²) in [6, 6.07) is 4.82. The van der Waals surface area contributed by atoms with Gasteiger partial charge >= 0.3 is 0 Å². The Morgan fingerprint density at radius 2 is 2.19 bits per heavy atom. The second-order valence-electron chi connectivity index (χ2n) is 4.46. The topological polar surface area (TPSA) is 46.4 Å². The number of hydrogen-bond donors (Lipinski definition) is 1. The zero-order valence-corrected chi connectivity index (χ0v) is 13.2. The second kappa shape index (κ2) is 6.05. The lowest BCUT2D eigenvalue weighted by Gasteiger charge is -2.05. The highest BCUT2D eigenvalue weighted by Crippen LogP contribution is 2.22. The maximum absolute atomic E-state index is 12.0. The van der Waals surface area contributed by atoms with Crippen LogP contribution in [-0.2, 0) is 6.42 Å². The normalized spacial score (nSPS) is 11.0. The Hall–Kier alpha value is -1.56. The van der Waals surface area contributed by atoms with Crippen LogP contribution < -0.4 is 5.32 Å². The van der Waals surface area contributed by atoms with E-state index in [1.807, 2.05) is 22.2 Å². The Kier molecular flexibility index (Phi) is 4.14. The van der Waals surface area contributed by atoms with Crippen LogP contribution in [0.15, 0.2) is 36.0 Å². The Morgan fingerprint density at radius 3 is 2.95 bits per heavy atom. The number of aromatic nitrogens is 2. The van der Waals surface area contributed by atoms with Gasteiger partial charge in [0, 0.05) is 36.3 Å². The molecule has 108 valence electrons. The minimum atomic E-state index is -0.172. The van der Waals surface area contributed by atoms with Gasteiger partial charge in [-0.3, -0.25) is 9.20 Å². The predicted molar refractivity (Wildman–Crippen MR) is 85.6 cm³/mol. The van der Waals surface area contributed by atoms with E-state index < -0.39 is 0 Å². The third-order valence-corrected chi connectivity index (χ3v) is 4.50. The molecule has 0 aliphatic heterocycles. The number of fused-ring (bicyclic) bond motifs is 1. The Balaban J connectivity index is 1.58. The minimum Gasteiger partial charge on any atom is -0.352 e. The third kappa shape index (κ3) is 3.20. The first-order chi connectivity index (χ1) is 10.1. The lowest BCUT2D eigenvalue weighted by Crippen LogP contribution is -2.25. The molecule has 0 spiro atoms. The molecule has 0 saturated heterocycles. The average molecular weight is 340 g/mol. The van der Waals surface area contributed by atoms with Gasteiger partial charge in [-0.2, -0.15) is 0 Å². The number of nitrogens with zero attached hydrogens (tertiary/aromatic N) is 2. The summed E-state index contributed by atoms with van der Waals surface area (Å²) in [6.07, 6.45) is 4.61. The maximum Gasteiger partial charge on any atom is 0.251 e. The molecular formula is C14H11Cl2N3OS. The van der Waals surface area contributed by atoms with Crippen LogP contribution in [0.3, 0.4) is 0 Å². The largest absolute Gasteiger partial charge is 0.352 e. The molecule has 0 aliphatic rings. The van der Waals surface area contributed by atoms with Crippen LogP contribution in [-0.4, -0.2) is 21.8 Å². The van der Waals surface area contributed by atoms with E-state index in [-0.39, 0.29) is 5.91 Å². The van der Waals surface area contributed by atoms with E-state index in [0.717, 1.165) is 10.7 Å². The van der Waals surface area contributed by atoms with Crippen LogP contribution >= 0.6 is 34.5 Å². The number of thiazole rings is 1. The molecule has 0 saturated carbocycles. The fourth-order valence-corrected chi connectivity index (χ4v) is 2.96. The summed E-state index contributed by atoms with van der Waals surface area (Å²) in [6.45, 7) is 0.518. The van der Waals surface area contributed by atoms with Crippen molar-refractivity contribution in [3.05, 3.63) is 57.3 Å². The molecule has 2 aromatic heterocycles. The first kappa shape index (κ1) is 14.4. The first-order valence-corrected chi connectivity index (χ1v) is 7.91. The van der Waals surface area contributed by atoms with E-state index in [1.165, 1.54) is 0 Å². The van der Waals surface area contributed by atoms with Gasteiger partial charge in [0.05, 0.1) is 15.7 Å². The van der Waals surface area contributed by atoms with Crippen molar-refractivity contribution in [1.29, 1.82) is 0 Å². The standard InChI is InChI=1S/C14H11Cl2N3OS/c15-11-2-1-9(7-12(11)16)13(20)17-4-3-10-8-19-5-6-21-14(19)18-10/h1-2,5-8H,3-4H2,(H,17,20). The van der Waals surface area contributed by atoms with E-state index in [4.69, 9.17) is 23.2 Å². The highest BCUT2D eigenvalue weighted by atomic mass is 35.5. The van der Waals surface area contributed by atoms with Crippen molar-refractivity contribution >= 4 is 45.4 Å². The Labute approximate surface area is 135 Å². The van der Waals surface area contributed by atoms with E-state index in [2.05, 4.69) is 10.3 Å². The number of carbonyl (C=O) groups is 1. The third-order valence-electron chi connectivity index (χ3n) is 2.99. The Bertz CT molecular complexity index is 768. The van der Waals surface area contributed by atoms with Crippen LogP contribution in [0.5, 0.6) is 0 Å². The summed E-state index contributed by atoms with van der Waals surface area (Å²) < 4.78 is 1.97. The summed E-state index contributed by atoms with van der Waals surface area (Å²) in [5, 5.41) is 5.64. The molecule has 0 radical (unpaired) electrons. The summed E-state index contributed by atoms with van der Waals surface area (Å²) in [5.41, 5.74) is 1.45. The Morgan fingerprint density at radius 1 is 1.33 bits per heavy atom. The average Bonchev–Trinajstić information content (AvgIpc) is 3.02. The molecule has 0 fully saturated rings. The number of benzene rings is 1. The number of carbonyl (C=O) groups excluding carboxylic acids is 1. The zero-order chi connectivity index (χ0) is 14.8. The van der Waals surface area contributed by atoms with E-state index in [1.54, 1.807) is 29.5 Å². The highest BCUT2D eigenvalue weighted by molar-refractivity contribution is 7.15. The van der Waals surface area contributed by atoms with Crippen LogP contribution in [0, 0.1) is 0 Å². The van der Waals surface area contributed by atoms with Gasteiger partial charge in [0.25, 0.3) is 5.91 Å². The monoisotopic (exact) mass is 339 g/mol. The molecular weight excluding hydrogens is 329 g/mol. The van der Waals surface area contributed by atoms with Gasteiger partial charge in [0.15, 0.2) is 4.96 Å². The van der Waals surface area contributed by atoms with Crippen molar-refractivity contribution in [2.24, 2.45) is 0 Å². The van der Waals surface area contributed by atoms with Crippen molar-refractivity contribution in [3.8, 4) is 0 Å². The van der Waals surface area contributed by atoms with E-state index >= 15 is 0 Å². The molecule has 0 bridgehead atoms. The molecule has 0 unspecified atom stereocenters. The van der Waals surface area contributed by atoms with Crippen molar-refractivity contribution < 1.29 is 4.79 Å². The van der Waals surface area contributed by atoms with Gasteiger partial charge < -0.3 is 5.32 Å². The van der Waals surface area contributed by atoms with Crippen LogP contribution in [0.1, 0.15) is 16.1 Å². The van der Waals surface area contributed by atoms with Crippen molar-refractivity contribution in [3.63, 3.8) is 0 Å². The zero-order valence-electron chi connectivity index (χ0n) is 10.8. The molecule has 1 N–H and O–H groups in total. The number of amides is 1. The number of rotatable bonds is 4. The molecule has 0 aliphatic carbocycles. The summed E-state index contributed by atoms with van der Waals surface area (Å²) in [4.78, 5) is 17.4. The molecule has 7 heteroatoms. The maximum atomic E-state index is 12.0. The van der Waals surface area contributed by atoms with Crippen molar-refractivity contribution in [2.75, 3.05) is 6.54 Å². The summed E-state index contributed by atoms with van der Waals surface area (Å²) in [5.74, 6) is -0.172. The molecule has 3 aromatic rings. The molecule has 2 heterocycles. The molecule has 0 atom stereocenters. The van der Waals surface area contributed by atoms with Crippen LogP contribution in [0.25, 0.3) is 4.96 Å². The van der Waals surface area contributed by atoms with Gasteiger partial charge in [0.1, 0.15) is 0 Å². The van der Waals surface area contributed by atoms with E-state index in [0.29, 0.717) is 28.6 Å². The minimum absolute atomic E-state index is 0.172. The lowest BCUT2D eigenvalue weighted by atomic mass is 10.2. The number of hydrogen-bond acceptors (Lipinski definition) is 3. The van der Waals surface area contributed by atoms with Gasteiger partial charge in [-0.25, -0.2) is 4.98 Å². The van der Waals surface area contributed by atoms with Crippen LogP contribution in [0.4, 0.5) is 0 Å². The summed E-state index contributed by atoms with van der Waals surface area (Å²) in [7, 11) is 0. The SMILES string of the molecule is O=C(NCCc1cn2ccsc2n1)c1ccc(Cl)c(Cl)c1. The fourth-order valence-electron chi connectivity index (χ4n) is 1.94. The fraction of sp³-hybridized carbons (Fsp3) is 0.143. The number of halogens is 2. The smallest absolute Gasteiger partial charge is 0.251 e. The van der Waals surface area contributed by atoms with Gasteiger partial charge in [-0.15, -0.1) is 11.3 Å². The van der Waals surface area contributed by atoms with Gasteiger partial charge in [-0.1, -0.05) is 23.2 Å². The van der Waals surface area contributed by atoms with E-state index in [9.17, 15) is 4.79 Å². The number of nitrogens with one attached hydrogen (secondary N) is 1. The molecule has 3 rings (SSSR count). The second-order valence-corrected chi connectivity index (χ2v) is 6.15. The molecule has 21 heavy (non-hydrogen) atoms. The number of imidazole rings is 1. The van der Waals surface area contributed by atoms with Gasteiger partial charge in [-0.05, 0) is 18.2 Å². The quantitative estimate of drug-likeness (QED) is 0.788. The van der Waals surface area contributed by atoms with Gasteiger partial charge in [0.2, 0.25) is 0 Å². The molecule has 4 nitrogen and oxygen atoms in total. The van der Waals surface area contributed by atoms with Crippen molar-refractivity contribution in [1.82, 2.24) is 14.7 Å². The molecule has 1 amide bonds. The summed E-state index contributed by atoms with van der Waals surface area (Å²) >= 11 is 13.3. The highest BCUT2D eigenvalue weighted by Gasteiger charge is 2.08. The van der Waals surface area contributed by atoms with Crippen LogP contribution in [0.2, 0.25) is 10.0 Å².